The van der Waals surface area contributed by atoms with Gasteiger partial charge < -0.3 is 10.6 Å². The quantitative estimate of drug-likeness (QED) is 0.654. The normalized spacial score (nSPS) is 29.5. The number of hydrogen-bond donors (Lipinski definition) is 2. The van der Waals surface area contributed by atoms with E-state index in [2.05, 4.69) is 10.6 Å². The van der Waals surface area contributed by atoms with Crippen LogP contribution in [0.4, 0.5) is 0 Å². The van der Waals surface area contributed by atoms with E-state index in [1.165, 1.54) is 0 Å². The maximum absolute atomic E-state index is 12.0. The molecule has 0 aromatic carbocycles. The average molecular weight is 233 g/mol. The van der Waals surface area contributed by atoms with Crippen LogP contribution in [0.5, 0.6) is 0 Å². The smallest absolute Gasteiger partial charge is 0.215 e. The van der Waals surface area contributed by atoms with Gasteiger partial charge in [-0.05, 0) is 19.4 Å². The zero-order valence-corrected chi connectivity index (χ0v) is 9.72. The van der Waals surface area contributed by atoms with Gasteiger partial charge in [-0.25, -0.2) is 8.42 Å². The van der Waals surface area contributed by atoms with Gasteiger partial charge in [-0.1, -0.05) is 0 Å². The Hall–Kier alpha value is -0.170. The summed E-state index contributed by atoms with van der Waals surface area (Å²) < 4.78 is 25.6. The van der Waals surface area contributed by atoms with E-state index < -0.39 is 10.0 Å². The van der Waals surface area contributed by atoms with Gasteiger partial charge in [0.05, 0.1) is 5.75 Å². The Morgan fingerprint density at radius 2 is 1.93 bits per heavy atom. The fourth-order valence-corrected chi connectivity index (χ4v) is 3.92. The second-order valence-electron chi connectivity index (χ2n) is 4.22. The summed E-state index contributed by atoms with van der Waals surface area (Å²) in [6, 6.07) is 0.171. The topological polar surface area (TPSA) is 61.4 Å². The lowest BCUT2D eigenvalue weighted by atomic mass is 10.3. The van der Waals surface area contributed by atoms with Crippen LogP contribution in [0.25, 0.3) is 0 Å². The van der Waals surface area contributed by atoms with Gasteiger partial charge in [0, 0.05) is 32.2 Å². The molecule has 0 amide bonds. The zero-order chi connectivity index (χ0) is 10.7. The molecule has 0 aromatic heterocycles. The molecule has 0 aliphatic carbocycles. The van der Waals surface area contributed by atoms with Crippen molar-refractivity contribution in [3.63, 3.8) is 0 Å². The van der Waals surface area contributed by atoms with Crippen molar-refractivity contribution >= 4 is 10.0 Å². The van der Waals surface area contributed by atoms with Crippen LogP contribution in [0.1, 0.15) is 12.8 Å². The first-order chi connectivity index (χ1) is 7.18. The zero-order valence-electron chi connectivity index (χ0n) is 8.91. The maximum atomic E-state index is 12.0. The minimum absolute atomic E-state index is 0.171. The summed E-state index contributed by atoms with van der Waals surface area (Å²) >= 11 is 0. The monoisotopic (exact) mass is 233 g/mol. The molecule has 0 radical (unpaired) electrons. The maximum Gasteiger partial charge on any atom is 0.215 e. The van der Waals surface area contributed by atoms with Crippen LogP contribution < -0.4 is 10.6 Å². The summed E-state index contributed by atoms with van der Waals surface area (Å²) in [5, 5.41) is 6.39. The van der Waals surface area contributed by atoms with Crippen LogP contribution in [0.2, 0.25) is 0 Å². The Balaban J connectivity index is 1.92. The van der Waals surface area contributed by atoms with Gasteiger partial charge in [0.2, 0.25) is 10.0 Å². The number of nitrogens with one attached hydrogen (secondary N) is 2. The molecule has 0 spiro atoms. The molecule has 0 bridgehead atoms. The number of piperazine rings is 1. The third-order valence-corrected chi connectivity index (χ3v) is 5.02. The lowest BCUT2D eigenvalue weighted by Crippen LogP contribution is -2.49. The van der Waals surface area contributed by atoms with Gasteiger partial charge in [0.1, 0.15) is 0 Å². The SMILES string of the molecule is O=S(=O)(CC1CCCN1)N1CCNCC1. The molecule has 1 unspecified atom stereocenters. The van der Waals surface area contributed by atoms with Gasteiger partial charge in [-0.2, -0.15) is 4.31 Å². The highest BCUT2D eigenvalue weighted by Crippen LogP contribution is 2.11. The van der Waals surface area contributed by atoms with Crippen molar-refractivity contribution in [1.29, 1.82) is 0 Å². The Labute approximate surface area is 91.3 Å². The molecule has 2 fully saturated rings. The molecular weight excluding hydrogens is 214 g/mol. The molecule has 0 saturated carbocycles. The minimum atomic E-state index is -3.04. The molecule has 2 heterocycles. The van der Waals surface area contributed by atoms with E-state index in [4.69, 9.17) is 0 Å². The predicted molar refractivity (Wildman–Crippen MR) is 59.3 cm³/mol. The summed E-state index contributed by atoms with van der Waals surface area (Å²) in [7, 11) is -3.04. The van der Waals surface area contributed by atoms with Crippen LogP contribution in [0, 0.1) is 0 Å². The number of hydrogen-bond acceptors (Lipinski definition) is 4. The molecule has 2 rings (SSSR count). The Bertz CT molecular complexity index is 292. The second kappa shape index (κ2) is 4.78. The van der Waals surface area contributed by atoms with Crippen molar-refractivity contribution in [1.82, 2.24) is 14.9 Å². The third-order valence-electron chi connectivity index (χ3n) is 3.04. The van der Waals surface area contributed by atoms with Gasteiger partial charge in [0.15, 0.2) is 0 Å². The molecule has 2 aliphatic rings. The lowest BCUT2D eigenvalue weighted by molar-refractivity contribution is 0.358. The largest absolute Gasteiger partial charge is 0.314 e. The standard InChI is InChI=1S/C9H19N3O2S/c13-15(14,8-9-2-1-3-11-9)12-6-4-10-5-7-12/h9-11H,1-8H2. The molecule has 6 heteroatoms. The van der Waals surface area contributed by atoms with Crippen LogP contribution in [-0.2, 0) is 10.0 Å². The number of rotatable bonds is 3. The Kier molecular flexibility index (Phi) is 3.60. The van der Waals surface area contributed by atoms with Gasteiger partial charge in [0.25, 0.3) is 0 Å². The van der Waals surface area contributed by atoms with Gasteiger partial charge in [-0.15, -0.1) is 0 Å². The van der Waals surface area contributed by atoms with Crippen LogP contribution in [-0.4, -0.2) is 57.2 Å². The van der Waals surface area contributed by atoms with E-state index in [0.29, 0.717) is 13.1 Å². The lowest BCUT2D eigenvalue weighted by Gasteiger charge is -2.27. The average Bonchev–Trinajstić information content (AvgIpc) is 2.71. The van der Waals surface area contributed by atoms with Gasteiger partial charge in [-0.3, -0.25) is 0 Å². The fraction of sp³-hybridized carbons (Fsp3) is 1.00. The number of sulfonamides is 1. The summed E-state index contributed by atoms with van der Waals surface area (Å²) in [4.78, 5) is 0. The molecule has 2 N–H and O–H groups in total. The molecule has 0 aromatic rings. The Morgan fingerprint density at radius 3 is 2.53 bits per heavy atom. The summed E-state index contributed by atoms with van der Waals surface area (Å²) in [5.41, 5.74) is 0. The third kappa shape index (κ3) is 2.90. The summed E-state index contributed by atoms with van der Waals surface area (Å²) in [6.07, 6.45) is 2.09. The predicted octanol–water partition coefficient (Wildman–Crippen LogP) is -1.03. The molecule has 2 saturated heterocycles. The second-order valence-corrected chi connectivity index (χ2v) is 6.23. The van der Waals surface area contributed by atoms with E-state index in [-0.39, 0.29) is 11.8 Å². The first-order valence-corrected chi connectivity index (χ1v) is 7.21. The molecule has 5 nitrogen and oxygen atoms in total. The highest BCUT2D eigenvalue weighted by atomic mass is 32.2. The van der Waals surface area contributed by atoms with E-state index in [1.54, 1.807) is 4.31 Å². The molecule has 1 atom stereocenters. The summed E-state index contributed by atoms with van der Waals surface area (Å²) in [6.45, 7) is 3.75. The summed E-state index contributed by atoms with van der Waals surface area (Å²) in [5.74, 6) is 0.271. The van der Waals surface area contributed by atoms with Gasteiger partial charge >= 0.3 is 0 Å². The van der Waals surface area contributed by atoms with Crippen molar-refractivity contribution in [2.75, 3.05) is 38.5 Å². The molecule has 2 aliphatic heterocycles. The van der Waals surface area contributed by atoms with E-state index >= 15 is 0 Å². The molecule has 88 valence electrons. The fourth-order valence-electron chi connectivity index (χ4n) is 2.18. The van der Waals surface area contributed by atoms with Crippen molar-refractivity contribution in [2.45, 2.75) is 18.9 Å². The highest BCUT2D eigenvalue weighted by Gasteiger charge is 2.28. The van der Waals surface area contributed by atoms with E-state index in [0.717, 1.165) is 32.5 Å². The van der Waals surface area contributed by atoms with E-state index in [1.807, 2.05) is 0 Å². The van der Waals surface area contributed by atoms with Crippen molar-refractivity contribution in [2.24, 2.45) is 0 Å². The van der Waals surface area contributed by atoms with Crippen molar-refractivity contribution < 1.29 is 8.42 Å². The first-order valence-electron chi connectivity index (χ1n) is 5.60. The Morgan fingerprint density at radius 1 is 1.20 bits per heavy atom. The highest BCUT2D eigenvalue weighted by molar-refractivity contribution is 7.89. The molecular formula is C9H19N3O2S. The first kappa shape index (κ1) is 11.3. The van der Waals surface area contributed by atoms with Crippen molar-refractivity contribution in [3.05, 3.63) is 0 Å². The van der Waals surface area contributed by atoms with E-state index in [9.17, 15) is 8.42 Å². The van der Waals surface area contributed by atoms with Crippen LogP contribution >= 0.6 is 0 Å². The molecule has 15 heavy (non-hydrogen) atoms. The van der Waals surface area contributed by atoms with Crippen molar-refractivity contribution in [3.8, 4) is 0 Å². The van der Waals surface area contributed by atoms with Crippen LogP contribution in [0.15, 0.2) is 0 Å². The van der Waals surface area contributed by atoms with Crippen LogP contribution in [0.3, 0.4) is 0 Å². The minimum Gasteiger partial charge on any atom is -0.314 e. The number of nitrogens with zero attached hydrogens (tertiary/aromatic N) is 1.